The third-order valence-electron chi connectivity index (χ3n) is 3.57. The molecule has 0 spiro atoms. The number of benzene rings is 1. The Labute approximate surface area is 141 Å². The number of nitrogens with zero attached hydrogens (tertiary/aromatic N) is 1. The third-order valence-corrected chi connectivity index (χ3v) is 6.92. The molecule has 1 amide bonds. The van der Waals surface area contributed by atoms with Crippen LogP contribution in [0.5, 0.6) is 5.75 Å². The second-order valence-electron chi connectivity index (χ2n) is 5.52. The smallest absolute Gasteiger partial charge is 0.244 e. The van der Waals surface area contributed by atoms with Crippen LogP contribution in [0.25, 0.3) is 0 Å². The van der Waals surface area contributed by atoms with E-state index in [9.17, 15) is 21.6 Å². The molecule has 1 unspecified atom stereocenters. The number of sulfonamides is 2. The minimum atomic E-state index is -3.89. The first-order valence-corrected chi connectivity index (χ1v) is 10.5. The van der Waals surface area contributed by atoms with Gasteiger partial charge in [-0.15, -0.1) is 0 Å². The number of hydrogen-bond donors (Lipinski definition) is 1. The summed E-state index contributed by atoms with van der Waals surface area (Å²) in [6.07, 6.45) is 0.595. The molecule has 1 aromatic rings. The van der Waals surface area contributed by atoms with Gasteiger partial charge >= 0.3 is 0 Å². The Hall–Kier alpha value is -1.65. The van der Waals surface area contributed by atoms with Crippen LogP contribution in [0.3, 0.4) is 0 Å². The van der Waals surface area contributed by atoms with E-state index in [1.807, 2.05) is 6.92 Å². The lowest BCUT2D eigenvalue weighted by molar-refractivity contribution is -0.119. The van der Waals surface area contributed by atoms with Gasteiger partial charge in [-0.1, -0.05) is 13.8 Å². The van der Waals surface area contributed by atoms with Crippen molar-refractivity contribution in [3.63, 3.8) is 0 Å². The fourth-order valence-corrected chi connectivity index (χ4v) is 5.54. The maximum Gasteiger partial charge on any atom is 0.244 e. The molecule has 10 heteroatoms. The number of amides is 1. The molecule has 2 rings (SSSR count). The highest BCUT2D eigenvalue weighted by Crippen LogP contribution is 2.33. The van der Waals surface area contributed by atoms with Gasteiger partial charge in [-0.25, -0.2) is 25.9 Å². The number of carbonyl (C=O) groups excluding carboxylic acids is 1. The van der Waals surface area contributed by atoms with Crippen molar-refractivity contribution in [1.82, 2.24) is 4.72 Å². The summed E-state index contributed by atoms with van der Waals surface area (Å²) in [5.41, 5.74) is -0.0120. The maximum absolute atomic E-state index is 12.4. The lowest BCUT2D eigenvalue weighted by Crippen LogP contribution is -2.31. The molecule has 8 nitrogen and oxygen atoms in total. The molecule has 0 aromatic heterocycles. The van der Waals surface area contributed by atoms with Gasteiger partial charge in [-0.05, 0) is 24.6 Å². The summed E-state index contributed by atoms with van der Waals surface area (Å²) in [7, 11) is -6.39. The van der Waals surface area contributed by atoms with Crippen molar-refractivity contribution in [1.29, 1.82) is 0 Å². The largest absolute Gasteiger partial charge is 0.495 e. The molecule has 0 bridgehead atoms. The lowest BCUT2D eigenvalue weighted by atomic mass is 10.2. The van der Waals surface area contributed by atoms with Crippen LogP contribution < -0.4 is 13.8 Å². The van der Waals surface area contributed by atoms with Gasteiger partial charge < -0.3 is 4.74 Å². The SMILES string of the molecule is CCCNS(=O)(=O)c1cc(N2C(=O)C(C)CS2(=O)=O)ccc1OC. The molecule has 1 heterocycles. The van der Waals surface area contributed by atoms with Crippen LogP contribution in [-0.4, -0.2) is 42.2 Å². The molecule has 0 saturated carbocycles. The Kier molecular flexibility index (Phi) is 5.21. The highest BCUT2D eigenvalue weighted by Gasteiger charge is 2.42. The zero-order chi connectivity index (χ0) is 18.1. The first-order chi connectivity index (χ1) is 11.1. The van der Waals surface area contributed by atoms with Gasteiger partial charge in [-0.2, -0.15) is 0 Å². The zero-order valence-corrected chi connectivity index (χ0v) is 15.3. The van der Waals surface area contributed by atoms with Gasteiger partial charge in [0.2, 0.25) is 26.0 Å². The van der Waals surface area contributed by atoms with E-state index in [0.29, 0.717) is 10.7 Å². The first kappa shape index (κ1) is 18.7. The Morgan fingerprint density at radius 3 is 2.54 bits per heavy atom. The fraction of sp³-hybridized carbons (Fsp3) is 0.500. The molecule has 1 aliphatic heterocycles. The van der Waals surface area contributed by atoms with Crippen LogP contribution in [0.15, 0.2) is 23.1 Å². The monoisotopic (exact) mass is 376 g/mol. The van der Waals surface area contributed by atoms with E-state index in [4.69, 9.17) is 4.74 Å². The lowest BCUT2D eigenvalue weighted by Gasteiger charge is -2.18. The summed E-state index contributed by atoms with van der Waals surface area (Å²) >= 11 is 0. The van der Waals surface area contributed by atoms with Crippen molar-refractivity contribution in [2.75, 3.05) is 23.7 Å². The second-order valence-corrected chi connectivity index (χ2v) is 9.11. The third kappa shape index (κ3) is 3.40. The number of nitrogens with one attached hydrogen (secondary N) is 1. The van der Waals surface area contributed by atoms with Crippen molar-refractivity contribution >= 4 is 31.6 Å². The summed E-state index contributed by atoms with van der Waals surface area (Å²) in [5, 5.41) is 0. The molecular weight excluding hydrogens is 356 g/mol. The molecular formula is C14H20N2O6S2. The van der Waals surface area contributed by atoms with Crippen molar-refractivity contribution in [3.05, 3.63) is 18.2 Å². The Bertz CT molecular complexity index is 848. The van der Waals surface area contributed by atoms with E-state index in [-0.39, 0.29) is 28.6 Å². The van der Waals surface area contributed by atoms with E-state index in [0.717, 1.165) is 6.07 Å². The maximum atomic E-state index is 12.4. The van der Waals surface area contributed by atoms with Crippen LogP contribution in [0.2, 0.25) is 0 Å². The van der Waals surface area contributed by atoms with Gasteiger partial charge in [0.05, 0.1) is 24.5 Å². The molecule has 0 radical (unpaired) electrons. The number of carbonyl (C=O) groups is 1. The molecule has 24 heavy (non-hydrogen) atoms. The van der Waals surface area contributed by atoms with E-state index in [2.05, 4.69) is 4.72 Å². The van der Waals surface area contributed by atoms with Crippen LogP contribution >= 0.6 is 0 Å². The van der Waals surface area contributed by atoms with E-state index in [1.165, 1.54) is 26.2 Å². The average Bonchev–Trinajstić information content (AvgIpc) is 2.72. The summed E-state index contributed by atoms with van der Waals surface area (Å²) in [6, 6.07) is 3.83. The van der Waals surface area contributed by atoms with Crippen LogP contribution in [0.1, 0.15) is 20.3 Å². The van der Waals surface area contributed by atoms with Gasteiger partial charge in [0.15, 0.2) is 0 Å². The zero-order valence-electron chi connectivity index (χ0n) is 13.6. The molecule has 1 atom stereocenters. The van der Waals surface area contributed by atoms with Gasteiger partial charge in [0.25, 0.3) is 0 Å². The number of anilines is 1. The minimum Gasteiger partial charge on any atom is -0.495 e. The standard InChI is InChI=1S/C14H20N2O6S2/c1-4-7-15-24(20,21)13-8-11(5-6-12(13)22-3)16-14(17)10(2)9-23(16,18)19/h5-6,8,10,15H,4,7,9H2,1-3H3. The normalized spacial score (nSPS) is 20.4. The van der Waals surface area contributed by atoms with Crippen molar-refractivity contribution in [3.8, 4) is 5.75 Å². The van der Waals surface area contributed by atoms with Crippen molar-refractivity contribution < 1.29 is 26.4 Å². The predicted molar refractivity (Wildman–Crippen MR) is 88.9 cm³/mol. The number of rotatable bonds is 6. The Morgan fingerprint density at radius 1 is 1.38 bits per heavy atom. The van der Waals surface area contributed by atoms with Crippen molar-refractivity contribution in [2.45, 2.75) is 25.2 Å². The first-order valence-electron chi connectivity index (χ1n) is 7.38. The molecule has 1 N–H and O–H groups in total. The molecule has 1 saturated heterocycles. The predicted octanol–water partition coefficient (Wildman–Crippen LogP) is 0.696. The fourth-order valence-electron chi connectivity index (χ4n) is 2.40. The van der Waals surface area contributed by atoms with E-state index in [1.54, 1.807) is 0 Å². The minimum absolute atomic E-state index is 0.0120. The van der Waals surface area contributed by atoms with Crippen LogP contribution in [0.4, 0.5) is 5.69 Å². The molecule has 0 aliphatic carbocycles. The second kappa shape index (κ2) is 6.69. The quantitative estimate of drug-likeness (QED) is 0.782. The molecule has 134 valence electrons. The summed E-state index contributed by atoms with van der Waals surface area (Å²) < 4.78 is 57.3. The number of ether oxygens (including phenoxy) is 1. The van der Waals surface area contributed by atoms with Crippen LogP contribution in [0, 0.1) is 5.92 Å². The molecule has 1 aromatic carbocycles. The summed E-state index contributed by atoms with van der Waals surface area (Å²) in [5.74, 6) is -1.48. The van der Waals surface area contributed by atoms with Gasteiger partial charge in [-0.3, -0.25) is 4.79 Å². The Morgan fingerprint density at radius 2 is 2.04 bits per heavy atom. The highest BCUT2D eigenvalue weighted by atomic mass is 32.2. The topological polar surface area (TPSA) is 110 Å². The molecule has 1 fully saturated rings. The number of hydrogen-bond acceptors (Lipinski definition) is 6. The van der Waals surface area contributed by atoms with E-state index >= 15 is 0 Å². The van der Waals surface area contributed by atoms with E-state index < -0.39 is 31.9 Å². The van der Waals surface area contributed by atoms with Gasteiger partial charge in [0.1, 0.15) is 10.6 Å². The van der Waals surface area contributed by atoms with Crippen molar-refractivity contribution in [2.24, 2.45) is 5.92 Å². The highest BCUT2D eigenvalue weighted by molar-refractivity contribution is 7.94. The Balaban J connectivity index is 2.56. The van der Waals surface area contributed by atoms with Gasteiger partial charge in [0, 0.05) is 6.54 Å². The summed E-state index contributed by atoms with van der Waals surface area (Å²) in [6.45, 7) is 3.56. The molecule has 1 aliphatic rings. The van der Waals surface area contributed by atoms with Crippen LogP contribution in [-0.2, 0) is 24.8 Å². The number of methoxy groups -OCH3 is 1. The average molecular weight is 376 g/mol. The summed E-state index contributed by atoms with van der Waals surface area (Å²) in [4.78, 5) is 11.9.